The number of nitro groups is 1. The summed E-state index contributed by atoms with van der Waals surface area (Å²) in [4.78, 5) is 33.3. The van der Waals surface area contributed by atoms with Gasteiger partial charge in [-0.2, -0.15) is 0 Å². The Hall–Kier alpha value is -2.44. The first-order valence-corrected chi connectivity index (χ1v) is 4.86. The van der Waals surface area contributed by atoms with Gasteiger partial charge in [0, 0.05) is 6.07 Å². The number of carbonyl (C=O) groups is 2. The van der Waals surface area contributed by atoms with E-state index in [4.69, 9.17) is 0 Å². The lowest BCUT2D eigenvalue weighted by Gasteiger charge is -2.08. The van der Waals surface area contributed by atoms with Gasteiger partial charge < -0.3 is 10.6 Å². The van der Waals surface area contributed by atoms with E-state index in [1.165, 1.54) is 12.1 Å². The van der Waals surface area contributed by atoms with Gasteiger partial charge in [-0.3, -0.25) is 19.7 Å². The van der Waals surface area contributed by atoms with Crippen molar-refractivity contribution in [1.82, 2.24) is 5.32 Å². The molecule has 1 heterocycles. The number of hydrogen-bond donors (Lipinski definition) is 2. The van der Waals surface area contributed by atoms with Crippen LogP contribution in [-0.2, 0) is 4.79 Å². The van der Waals surface area contributed by atoms with Crippen LogP contribution in [0.25, 0.3) is 0 Å². The number of hydrogen-bond acceptors (Lipinski definition) is 4. The maximum absolute atomic E-state index is 11.7. The fourth-order valence-electron chi connectivity index (χ4n) is 1.70. The molecule has 1 aromatic carbocycles. The quantitative estimate of drug-likeness (QED) is 0.549. The number of nitrogens with one attached hydrogen (secondary N) is 2. The van der Waals surface area contributed by atoms with Gasteiger partial charge in [0.1, 0.15) is 5.69 Å². The Morgan fingerprint density at radius 3 is 2.71 bits per heavy atom. The highest BCUT2D eigenvalue weighted by molar-refractivity contribution is 6.11. The van der Waals surface area contributed by atoms with Gasteiger partial charge in [-0.15, -0.1) is 0 Å². The molecule has 1 aliphatic heterocycles. The molecule has 0 unspecified atom stereocenters. The Labute approximate surface area is 96.0 Å². The molecule has 88 valence electrons. The molecule has 0 saturated heterocycles. The number of anilines is 1. The summed E-state index contributed by atoms with van der Waals surface area (Å²) in [5.41, 5.74) is 0.404. The van der Waals surface area contributed by atoms with Crippen molar-refractivity contribution in [2.24, 2.45) is 0 Å². The molecule has 17 heavy (non-hydrogen) atoms. The molecule has 0 aliphatic carbocycles. The Kier molecular flexibility index (Phi) is 2.51. The normalized spacial score (nSPS) is 14.4. The second-order valence-electron chi connectivity index (χ2n) is 3.64. The first kappa shape index (κ1) is 11.1. The summed E-state index contributed by atoms with van der Waals surface area (Å²) in [6, 6.07) is 2.75. The van der Waals surface area contributed by atoms with Gasteiger partial charge in [0.2, 0.25) is 5.91 Å². The number of nitrogens with zero attached hydrogens (tertiary/aromatic N) is 1. The first-order valence-electron chi connectivity index (χ1n) is 4.86. The van der Waals surface area contributed by atoms with Gasteiger partial charge in [0.25, 0.3) is 11.6 Å². The van der Waals surface area contributed by atoms with E-state index in [0.29, 0.717) is 5.56 Å². The second-order valence-corrected chi connectivity index (χ2v) is 3.64. The molecule has 1 aromatic rings. The molecule has 2 N–H and O–H groups in total. The third kappa shape index (κ3) is 1.82. The van der Waals surface area contributed by atoms with Crippen LogP contribution in [0.5, 0.6) is 0 Å². The van der Waals surface area contributed by atoms with Gasteiger partial charge in [-0.25, -0.2) is 0 Å². The molecule has 7 heteroatoms. The molecule has 2 amide bonds. The van der Waals surface area contributed by atoms with Crippen LogP contribution in [0.2, 0.25) is 0 Å². The molecule has 2 rings (SSSR count). The maximum atomic E-state index is 11.7. The highest BCUT2D eigenvalue weighted by atomic mass is 16.6. The zero-order chi connectivity index (χ0) is 12.6. The van der Waals surface area contributed by atoms with Crippen LogP contribution in [0.3, 0.4) is 0 Å². The van der Waals surface area contributed by atoms with Crippen LogP contribution >= 0.6 is 0 Å². The predicted octanol–water partition coefficient (Wildman–Crippen LogP) is 0.585. The number of nitro benzene ring substituents is 1. The number of fused-ring (bicyclic) bond motifs is 1. The summed E-state index contributed by atoms with van der Waals surface area (Å²) in [6.45, 7) is 1.46. The van der Waals surface area contributed by atoms with E-state index >= 15 is 0 Å². The minimum Gasteiger partial charge on any atom is -0.343 e. The van der Waals surface area contributed by atoms with Crippen LogP contribution in [0.15, 0.2) is 12.1 Å². The monoisotopic (exact) mass is 235 g/mol. The summed E-state index contributed by atoms with van der Waals surface area (Å²) in [5, 5.41) is 15.6. The van der Waals surface area contributed by atoms with Crippen molar-refractivity contribution in [3.63, 3.8) is 0 Å². The molecule has 0 bridgehead atoms. The molecule has 0 fully saturated rings. The third-order valence-corrected chi connectivity index (χ3v) is 2.49. The van der Waals surface area contributed by atoms with E-state index in [9.17, 15) is 19.7 Å². The Bertz CT molecular complexity index is 539. The molecule has 0 spiro atoms. The minimum absolute atomic E-state index is 0.0324. The largest absolute Gasteiger partial charge is 0.343 e. The second kappa shape index (κ2) is 3.85. The summed E-state index contributed by atoms with van der Waals surface area (Å²) in [6.07, 6.45) is 0. The highest BCUT2D eigenvalue weighted by Crippen LogP contribution is 2.31. The minimum atomic E-state index is -0.628. The van der Waals surface area contributed by atoms with Gasteiger partial charge in [-0.1, -0.05) is 6.07 Å². The zero-order valence-electron chi connectivity index (χ0n) is 8.94. The van der Waals surface area contributed by atoms with Crippen molar-refractivity contribution in [2.75, 3.05) is 11.9 Å². The van der Waals surface area contributed by atoms with E-state index in [-0.39, 0.29) is 23.5 Å². The Morgan fingerprint density at radius 2 is 2.06 bits per heavy atom. The van der Waals surface area contributed by atoms with Crippen LogP contribution < -0.4 is 10.6 Å². The predicted molar refractivity (Wildman–Crippen MR) is 58.8 cm³/mol. The number of benzene rings is 1. The zero-order valence-corrected chi connectivity index (χ0v) is 8.94. The van der Waals surface area contributed by atoms with E-state index < -0.39 is 16.7 Å². The van der Waals surface area contributed by atoms with E-state index in [1.54, 1.807) is 6.92 Å². The van der Waals surface area contributed by atoms with E-state index in [2.05, 4.69) is 10.6 Å². The summed E-state index contributed by atoms with van der Waals surface area (Å²) >= 11 is 0. The van der Waals surface area contributed by atoms with E-state index in [0.717, 1.165) is 0 Å². The van der Waals surface area contributed by atoms with Crippen LogP contribution in [0, 0.1) is 17.0 Å². The van der Waals surface area contributed by atoms with Gasteiger partial charge in [-0.05, 0) is 12.5 Å². The number of rotatable bonds is 1. The maximum Gasteiger partial charge on any atom is 0.293 e. The first-order chi connectivity index (χ1) is 8.00. The van der Waals surface area contributed by atoms with Gasteiger partial charge in [0.05, 0.1) is 17.0 Å². The summed E-state index contributed by atoms with van der Waals surface area (Å²) in [5.74, 6) is -0.967. The lowest BCUT2D eigenvalue weighted by atomic mass is 10.0. The fraction of sp³-hybridized carbons (Fsp3) is 0.200. The van der Waals surface area contributed by atoms with Crippen molar-refractivity contribution < 1.29 is 14.5 Å². The topological polar surface area (TPSA) is 101 Å². The average molecular weight is 235 g/mol. The Balaban J connectivity index is 2.71. The smallest absolute Gasteiger partial charge is 0.293 e. The average Bonchev–Trinajstić information content (AvgIpc) is 2.39. The molecule has 7 nitrogen and oxygen atoms in total. The lowest BCUT2D eigenvalue weighted by molar-refractivity contribution is -0.384. The molecule has 0 radical (unpaired) electrons. The van der Waals surface area contributed by atoms with Crippen molar-refractivity contribution >= 4 is 23.2 Å². The SMILES string of the molecule is Cc1ccc([N+](=O)[O-])c2c1C(=O)NCC(=O)N2. The lowest BCUT2D eigenvalue weighted by Crippen LogP contribution is -2.28. The molecule has 0 atom stereocenters. The van der Waals surface area contributed by atoms with Crippen LogP contribution in [0.1, 0.15) is 15.9 Å². The summed E-state index contributed by atoms with van der Waals surface area (Å²) < 4.78 is 0. The molecular weight excluding hydrogens is 226 g/mol. The Morgan fingerprint density at radius 1 is 1.35 bits per heavy atom. The fourth-order valence-corrected chi connectivity index (χ4v) is 1.70. The molecule has 1 aliphatic rings. The molecule has 0 saturated carbocycles. The molecular formula is C10H9N3O4. The van der Waals surface area contributed by atoms with Crippen molar-refractivity contribution in [1.29, 1.82) is 0 Å². The van der Waals surface area contributed by atoms with Gasteiger partial charge >= 0.3 is 0 Å². The van der Waals surface area contributed by atoms with Crippen LogP contribution in [-0.4, -0.2) is 23.3 Å². The number of carbonyl (C=O) groups excluding carboxylic acids is 2. The van der Waals surface area contributed by atoms with Gasteiger partial charge in [0.15, 0.2) is 0 Å². The van der Waals surface area contributed by atoms with Crippen LogP contribution in [0.4, 0.5) is 11.4 Å². The van der Waals surface area contributed by atoms with Crippen molar-refractivity contribution in [3.05, 3.63) is 33.4 Å². The third-order valence-electron chi connectivity index (χ3n) is 2.49. The van der Waals surface area contributed by atoms with Crippen molar-refractivity contribution in [2.45, 2.75) is 6.92 Å². The highest BCUT2D eigenvalue weighted by Gasteiger charge is 2.28. The van der Waals surface area contributed by atoms with E-state index in [1.807, 2.05) is 0 Å². The number of aryl methyl sites for hydroxylation is 1. The van der Waals surface area contributed by atoms with Crippen molar-refractivity contribution in [3.8, 4) is 0 Å². The number of amides is 2. The molecule has 0 aromatic heterocycles. The standard InChI is InChI=1S/C10H9N3O4/c1-5-2-3-6(13(16)17)9-8(5)10(15)11-4-7(14)12-9/h2-3H,4H2,1H3,(H,11,15)(H,12,14). The summed E-state index contributed by atoms with van der Waals surface area (Å²) in [7, 11) is 0.